The summed E-state index contributed by atoms with van der Waals surface area (Å²) in [5, 5.41) is 7.44. The average Bonchev–Trinajstić information content (AvgIpc) is 4.16. The van der Waals surface area contributed by atoms with Crippen molar-refractivity contribution >= 4 is 57.0 Å². The Hall–Kier alpha value is -6.90. The lowest BCUT2D eigenvalue weighted by Gasteiger charge is -2.30. The average molecular weight is 853 g/mol. The normalized spacial score (nSPS) is 17.7. The number of carbonyl (C=O) groups is 4. The molecule has 0 radical (unpaired) electrons. The number of imidazole rings is 2. The first-order chi connectivity index (χ1) is 30.4. The minimum absolute atomic E-state index is 0.116. The molecule has 2 aliphatic heterocycles. The van der Waals surface area contributed by atoms with Gasteiger partial charge in [0.1, 0.15) is 34.9 Å². The van der Waals surface area contributed by atoms with Gasteiger partial charge in [0.05, 0.1) is 49.2 Å². The van der Waals surface area contributed by atoms with E-state index in [0.717, 1.165) is 98.0 Å². The van der Waals surface area contributed by atoms with Gasteiger partial charge in [-0.25, -0.2) is 19.6 Å². The lowest BCUT2D eigenvalue weighted by atomic mass is 9.93. The maximum absolute atomic E-state index is 13.8. The maximum atomic E-state index is 13.8. The number of aromatic amines is 2. The fourth-order valence-electron chi connectivity index (χ4n) is 9.42. The summed E-state index contributed by atoms with van der Waals surface area (Å²) in [5.74, 6) is 0.894. The van der Waals surface area contributed by atoms with Crippen LogP contribution in [0.2, 0.25) is 0 Å². The van der Waals surface area contributed by atoms with Gasteiger partial charge < -0.3 is 44.3 Å². The topological polar surface area (TPSA) is 188 Å². The SMILES string of the molecule is COC(=O)NC(C(=O)N1CCCC1c1ncc(-c2ccc(-c3ccc(-c4ccc5nc(C6CCCN6C(=O)C(NC(=O)OC)C(C)C)[nH]c5c4)cc3)c3c4ccc(o4)c23)[nH]1)C(C)C. The third-order valence-electron chi connectivity index (χ3n) is 12.7. The fraction of sp³-hybridized carbons (Fsp3) is 0.375. The van der Waals surface area contributed by atoms with E-state index in [1.165, 1.54) is 14.2 Å². The van der Waals surface area contributed by atoms with E-state index in [9.17, 15) is 19.2 Å². The molecular formula is C48H52N8O7. The van der Waals surface area contributed by atoms with Gasteiger partial charge in [-0.2, -0.15) is 0 Å². The summed E-state index contributed by atoms with van der Waals surface area (Å²) < 4.78 is 15.9. The quantitative estimate of drug-likeness (QED) is 0.0987. The lowest BCUT2D eigenvalue weighted by Crippen LogP contribution is -2.51. The molecule has 6 heterocycles. The molecule has 4 amide bonds. The molecule has 4 N–H and O–H groups in total. The molecule has 7 aromatic rings. The molecule has 15 heteroatoms. The molecule has 2 fully saturated rings. The van der Waals surface area contributed by atoms with Gasteiger partial charge in [-0.15, -0.1) is 0 Å². The summed E-state index contributed by atoms with van der Waals surface area (Å²) in [7, 11) is 2.58. The number of carbonyl (C=O) groups excluding carboxylic acids is 4. The Labute approximate surface area is 364 Å². The number of hydrogen-bond acceptors (Lipinski definition) is 9. The molecule has 4 unspecified atom stereocenters. The van der Waals surface area contributed by atoms with Crippen LogP contribution in [0.5, 0.6) is 0 Å². The fourth-order valence-corrected chi connectivity index (χ4v) is 9.42. The van der Waals surface area contributed by atoms with Crippen molar-refractivity contribution in [1.82, 2.24) is 40.4 Å². The zero-order valence-corrected chi connectivity index (χ0v) is 36.3. The van der Waals surface area contributed by atoms with Gasteiger partial charge in [0.2, 0.25) is 11.8 Å². The Morgan fingerprint density at radius 1 is 0.683 bits per heavy atom. The molecule has 4 aromatic heterocycles. The van der Waals surface area contributed by atoms with E-state index < -0.39 is 24.3 Å². The van der Waals surface area contributed by atoms with Crippen LogP contribution < -0.4 is 10.6 Å². The predicted molar refractivity (Wildman–Crippen MR) is 239 cm³/mol. The molecule has 63 heavy (non-hydrogen) atoms. The van der Waals surface area contributed by atoms with E-state index in [2.05, 4.69) is 69.1 Å². The third kappa shape index (κ3) is 7.59. The lowest BCUT2D eigenvalue weighted by molar-refractivity contribution is -0.136. The number of rotatable bonds is 11. The summed E-state index contributed by atoms with van der Waals surface area (Å²) >= 11 is 0. The van der Waals surface area contributed by atoms with Crippen molar-refractivity contribution in [3.8, 4) is 33.5 Å². The van der Waals surface area contributed by atoms with Gasteiger partial charge >= 0.3 is 12.2 Å². The second kappa shape index (κ2) is 16.8. The molecule has 2 aliphatic rings. The molecule has 15 nitrogen and oxygen atoms in total. The van der Waals surface area contributed by atoms with Gasteiger partial charge in [-0.3, -0.25) is 9.59 Å². The largest absolute Gasteiger partial charge is 0.456 e. The molecular weight excluding hydrogens is 801 g/mol. The standard InChI is InChI=1S/C48H52N8O7/c1-25(2)41(53-47(59)61-5)45(57)55-21-7-9-35(55)43-49-24-34(52-43)31-17-16-30(39-37-19-20-38(63-37)40(31)39)28-13-11-27(12-14-28)29-15-18-32-33(23-29)51-44(50-32)36-10-8-22-56(36)46(58)42(26(3)4)54-48(60)62-6/h11-20,23-26,35-36,41-42H,7-10,21-22H2,1-6H3,(H,49,52)(H,50,51)(H,53,59)(H,54,60). The van der Waals surface area contributed by atoms with Crippen molar-refractivity contribution in [3.05, 3.63) is 84.6 Å². The zero-order valence-electron chi connectivity index (χ0n) is 36.3. The number of aromatic nitrogens is 4. The number of alkyl carbamates (subject to hydrolysis) is 2. The monoisotopic (exact) mass is 852 g/mol. The first-order valence-electron chi connectivity index (χ1n) is 21.7. The number of furan rings is 2. The second-order valence-electron chi connectivity index (χ2n) is 17.3. The third-order valence-corrected chi connectivity index (χ3v) is 12.7. The molecule has 4 atom stereocenters. The van der Waals surface area contributed by atoms with Crippen LogP contribution in [-0.2, 0) is 19.1 Å². The van der Waals surface area contributed by atoms with Gasteiger partial charge in [-0.05, 0) is 84.0 Å². The number of ether oxygens (including phenoxy) is 2. The van der Waals surface area contributed by atoms with Crippen molar-refractivity contribution < 1.29 is 33.1 Å². The molecule has 2 bridgehead atoms. The summed E-state index contributed by atoms with van der Waals surface area (Å²) in [4.78, 5) is 72.0. The van der Waals surface area contributed by atoms with Gasteiger partial charge in [0, 0.05) is 29.4 Å². The number of fused-ring (bicyclic) bond motifs is 6. The summed E-state index contributed by atoms with van der Waals surface area (Å²) in [6, 6.07) is 21.0. The van der Waals surface area contributed by atoms with Crippen LogP contribution >= 0.6 is 0 Å². The van der Waals surface area contributed by atoms with Crippen molar-refractivity contribution in [2.24, 2.45) is 11.8 Å². The van der Waals surface area contributed by atoms with Crippen LogP contribution in [0.3, 0.4) is 0 Å². The maximum Gasteiger partial charge on any atom is 0.407 e. The summed E-state index contributed by atoms with van der Waals surface area (Å²) in [5.41, 5.74) is 9.22. The van der Waals surface area contributed by atoms with Gasteiger partial charge in [0.15, 0.2) is 0 Å². The van der Waals surface area contributed by atoms with Crippen LogP contribution in [0.4, 0.5) is 9.59 Å². The number of methoxy groups -OCH3 is 2. The zero-order chi connectivity index (χ0) is 44.1. The Balaban J connectivity index is 0.953. The number of amides is 4. The number of likely N-dealkylation sites (tertiary alicyclic amines) is 2. The molecule has 0 saturated carbocycles. The van der Waals surface area contributed by atoms with E-state index >= 15 is 0 Å². The first kappa shape index (κ1) is 41.5. The number of H-pyrrole nitrogens is 2. The van der Waals surface area contributed by atoms with E-state index in [4.69, 9.17) is 23.9 Å². The molecule has 2 saturated heterocycles. The minimum atomic E-state index is -0.713. The summed E-state index contributed by atoms with van der Waals surface area (Å²) in [6.07, 6.45) is 3.76. The van der Waals surface area contributed by atoms with Crippen LogP contribution in [0.15, 0.2) is 77.3 Å². The molecule has 9 rings (SSSR count). The van der Waals surface area contributed by atoms with Crippen LogP contribution in [0.1, 0.15) is 77.1 Å². The number of benzene rings is 4. The van der Waals surface area contributed by atoms with Crippen molar-refractivity contribution in [1.29, 1.82) is 0 Å². The molecule has 0 aliphatic carbocycles. The van der Waals surface area contributed by atoms with Crippen molar-refractivity contribution in [2.75, 3.05) is 27.3 Å². The van der Waals surface area contributed by atoms with Crippen molar-refractivity contribution in [3.63, 3.8) is 0 Å². The van der Waals surface area contributed by atoms with E-state index in [1.54, 1.807) is 0 Å². The first-order valence-corrected chi connectivity index (χ1v) is 21.7. The van der Waals surface area contributed by atoms with Crippen LogP contribution in [0, 0.1) is 11.8 Å². The smallest absolute Gasteiger partial charge is 0.407 e. The number of nitrogens with one attached hydrogen (secondary N) is 4. The minimum Gasteiger partial charge on any atom is -0.456 e. The summed E-state index contributed by atoms with van der Waals surface area (Å²) in [6.45, 7) is 8.78. The van der Waals surface area contributed by atoms with E-state index in [0.29, 0.717) is 18.9 Å². The highest BCUT2D eigenvalue weighted by atomic mass is 16.5. The van der Waals surface area contributed by atoms with Crippen molar-refractivity contribution in [2.45, 2.75) is 77.5 Å². The van der Waals surface area contributed by atoms with Gasteiger partial charge in [0.25, 0.3) is 0 Å². The highest BCUT2D eigenvalue weighted by Crippen LogP contribution is 2.44. The van der Waals surface area contributed by atoms with E-state index in [1.807, 2.05) is 61.9 Å². The van der Waals surface area contributed by atoms with Crippen LogP contribution in [0.25, 0.3) is 66.5 Å². The Kier molecular flexibility index (Phi) is 11.0. The Morgan fingerprint density at radius 3 is 1.81 bits per heavy atom. The molecule has 0 spiro atoms. The van der Waals surface area contributed by atoms with E-state index in [-0.39, 0.29) is 35.7 Å². The van der Waals surface area contributed by atoms with Gasteiger partial charge in [-0.1, -0.05) is 70.2 Å². The van der Waals surface area contributed by atoms with Crippen LogP contribution in [-0.4, -0.2) is 93.1 Å². The Bertz CT molecular complexity index is 2820. The number of nitrogens with zero attached hydrogens (tertiary/aromatic N) is 4. The molecule has 326 valence electrons. The second-order valence-corrected chi connectivity index (χ2v) is 17.3. The highest BCUT2D eigenvalue weighted by molar-refractivity contribution is 6.19. The predicted octanol–water partition coefficient (Wildman–Crippen LogP) is 8.71. The molecule has 3 aromatic carbocycles. The number of hydrogen-bond donors (Lipinski definition) is 4. The highest BCUT2D eigenvalue weighted by Gasteiger charge is 2.39. The Morgan fingerprint density at radius 2 is 1.22 bits per heavy atom.